The molecule has 5 atom stereocenters. The molecular formula is C38H48ClN3O5S. The van der Waals surface area contributed by atoms with E-state index in [9.17, 15) is 13.2 Å². The number of rotatable bonds is 1. The summed E-state index contributed by atoms with van der Waals surface area (Å²) >= 11 is 6.37. The monoisotopic (exact) mass is 693 g/mol. The highest BCUT2D eigenvalue weighted by Crippen LogP contribution is 2.43. The Balaban J connectivity index is 1.35. The highest BCUT2D eigenvalue weighted by molar-refractivity contribution is 7.90. The van der Waals surface area contributed by atoms with Gasteiger partial charge >= 0.3 is 0 Å². The van der Waals surface area contributed by atoms with Gasteiger partial charge in [-0.25, -0.2) is 13.1 Å². The molecule has 0 aromatic heterocycles. The summed E-state index contributed by atoms with van der Waals surface area (Å²) in [5.74, 6) is 7.89. The lowest BCUT2D eigenvalue weighted by molar-refractivity contribution is 0.0443. The molecule has 0 radical (unpaired) electrons. The van der Waals surface area contributed by atoms with Crippen LogP contribution in [0.2, 0.25) is 5.02 Å². The Hall–Kier alpha value is -3.03. The molecule has 1 aliphatic carbocycles. The molecule has 48 heavy (non-hydrogen) atoms. The lowest BCUT2D eigenvalue weighted by atomic mass is 9.66. The number of hydrogen-bond acceptors (Lipinski definition) is 7. The minimum atomic E-state index is -3.92. The number of allylic oxidation sites excluding steroid dienone is 2. The van der Waals surface area contributed by atoms with E-state index >= 15 is 0 Å². The van der Waals surface area contributed by atoms with Crippen LogP contribution in [-0.2, 0) is 27.8 Å². The lowest BCUT2D eigenvalue weighted by Gasteiger charge is -2.43. The van der Waals surface area contributed by atoms with Crippen LogP contribution in [-0.4, -0.2) is 70.4 Å². The van der Waals surface area contributed by atoms with Gasteiger partial charge in [-0.1, -0.05) is 48.6 Å². The minimum absolute atomic E-state index is 0.0850. The van der Waals surface area contributed by atoms with Gasteiger partial charge in [0.25, 0.3) is 5.91 Å². The quantitative estimate of drug-likeness (QED) is 0.286. The van der Waals surface area contributed by atoms with E-state index < -0.39 is 21.2 Å². The molecule has 1 saturated heterocycles. The second kappa shape index (κ2) is 15.7. The van der Waals surface area contributed by atoms with Gasteiger partial charge in [0.15, 0.2) is 0 Å². The van der Waals surface area contributed by atoms with Crippen molar-refractivity contribution in [3.05, 3.63) is 70.3 Å². The van der Waals surface area contributed by atoms with Crippen molar-refractivity contribution in [2.75, 3.05) is 50.8 Å². The summed E-state index contributed by atoms with van der Waals surface area (Å²) in [4.78, 5) is 18.2. The van der Waals surface area contributed by atoms with Crippen molar-refractivity contribution in [3.8, 4) is 17.6 Å². The third-order valence-corrected chi connectivity index (χ3v) is 12.8. The number of amides is 1. The van der Waals surface area contributed by atoms with E-state index in [-0.39, 0.29) is 11.8 Å². The molecule has 1 saturated carbocycles. The first-order valence-corrected chi connectivity index (χ1v) is 19.4. The fraction of sp³-hybridized carbons (Fsp3) is 0.553. The molecule has 1 amide bonds. The molecule has 2 aromatic carbocycles. The number of sulfonamides is 1. The highest BCUT2D eigenvalue weighted by atomic mass is 35.5. The summed E-state index contributed by atoms with van der Waals surface area (Å²) < 4.78 is 41.2. The number of ether oxygens (including phenoxy) is 2. The Labute approximate surface area is 291 Å². The molecule has 2 aromatic rings. The molecule has 10 heteroatoms. The van der Waals surface area contributed by atoms with E-state index in [1.54, 1.807) is 13.0 Å². The van der Waals surface area contributed by atoms with Crippen LogP contribution >= 0.6 is 11.6 Å². The Bertz CT molecular complexity index is 1660. The number of carbonyl (C=O) groups is 1. The fourth-order valence-electron chi connectivity index (χ4n) is 7.21. The molecule has 0 spiro atoms. The first-order chi connectivity index (χ1) is 23.2. The van der Waals surface area contributed by atoms with Crippen LogP contribution in [0.5, 0.6) is 5.75 Å². The van der Waals surface area contributed by atoms with E-state index in [1.807, 2.05) is 37.3 Å². The van der Waals surface area contributed by atoms with Crippen molar-refractivity contribution in [1.29, 1.82) is 0 Å². The van der Waals surface area contributed by atoms with E-state index in [0.29, 0.717) is 36.2 Å². The number of carbonyl (C=O) groups excluding carboxylic acids is 1. The fourth-order valence-corrected chi connectivity index (χ4v) is 8.69. The summed E-state index contributed by atoms with van der Waals surface area (Å²) in [6, 6.07) is 11.2. The van der Waals surface area contributed by atoms with Gasteiger partial charge in [0, 0.05) is 42.7 Å². The molecule has 6 rings (SSSR count). The van der Waals surface area contributed by atoms with E-state index in [1.165, 1.54) is 5.56 Å². The first-order valence-electron chi connectivity index (χ1n) is 17.5. The molecule has 8 nitrogen and oxygen atoms in total. The zero-order chi connectivity index (χ0) is 33.7. The Morgan fingerprint density at radius 3 is 2.65 bits per heavy atom. The number of hydrogen-bond donors (Lipinski definition) is 1. The number of benzene rings is 2. The van der Waals surface area contributed by atoms with Crippen molar-refractivity contribution in [3.63, 3.8) is 0 Å². The van der Waals surface area contributed by atoms with E-state index in [4.69, 9.17) is 21.1 Å². The standard InChI is InChI=1S/C38H48ClN3O5S/c1-27-7-5-9-29(10-6-17-41-19-21-46-22-20-41)35-15-12-32(35)25-42-18-4-3-8-30-23-34(39)14-11-33(30)26-47-37-16-13-31(24-36(37)42)38(43)40-48(44,45)28(27)2/h5,9,11,13-14,16,23-24,27-29,32,35H,3-4,7-8,12,15,17-22,25-26H2,1-2H3,(H,40,43)/b9-5+/t27-,28+,29+,32-,35-/m0/s1. The van der Waals surface area contributed by atoms with Crippen LogP contribution in [0, 0.1) is 35.5 Å². The molecule has 2 bridgehead atoms. The Kier molecular flexibility index (Phi) is 11.4. The molecule has 2 fully saturated rings. The molecule has 3 aliphatic heterocycles. The highest BCUT2D eigenvalue weighted by Gasteiger charge is 2.37. The maximum Gasteiger partial charge on any atom is 0.264 e. The molecule has 4 aliphatic rings. The number of halogens is 1. The molecule has 0 unspecified atom stereocenters. The predicted molar refractivity (Wildman–Crippen MR) is 191 cm³/mol. The topological polar surface area (TPSA) is 88.2 Å². The summed E-state index contributed by atoms with van der Waals surface area (Å²) in [5.41, 5.74) is 3.41. The van der Waals surface area contributed by atoms with Crippen LogP contribution in [0.4, 0.5) is 5.69 Å². The lowest BCUT2D eigenvalue weighted by Crippen LogP contribution is -2.42. The zero-order valence-corrected chi connectivity index (χ0v) is 29.7. The zero-order valence-electron chi connectivity index (χ0n) is 28.1. The van der Waals surface area contributed by atoms with Crippen molar-refractivity contribution < 1.29 is 22.7 Å². The van der Waals surface area contributed by atoms with Crippen molar-refractivity contribution in [2.45, 2.75) is 64.2 Å². The second-order valence-corrected chi connectivity index (χ2v) is 16.3. The van der Waals surface area contributed by atoms with Crippen LogP contribution in [0.15, 0.2) is 48.6 Å². The van der Waals surface area contributed by atoms with E-state index in [2.05, 4.69) is 38.5 Å². The van der Waals surface area contributed by atoms with Crippen molar-refractivity contribution >= 4 is 33.2 Å². The number of fused-ring (bicyclic) bond motifs is 3. The third kappa shape index (κ3) is 8.39. The average Bonchev–Trinajstić information content (AvgIpc) is 3.09. The average molecular weight is 694 g/mol. The molecule has 3 heterocycles. The van der Waals surface area contributed by atoms with Crippen molar-refractivity contribution in [2.24, 2.45) is 23.7 Å². The van der Waals surface area contributed by atoms with Gasteiger partial charge in [0.2, 0.25) is 10.0 Å². The molecule has 1 N–H and O–H groups in total. The van der Waals surface area contributed by atoms with Crippen LogP contribution in [0.1, 0.15) is 67.4 Å². The summed E-state index contributed by atoms with van der Waals surface area (Å²) in [6.07, 6.45) is 9.97. The van der Waals surface area contributed by atoms with Crippen molar-refractivity contribution in [1.82, 2.24) is 9.62 Å². The summed E-state index contributed by atoms with van der Waals surface area (Å²) in [6.45, 7) is 9.60. The van der Waals surface area contributed by atoms with Crippen LogP contribution in [0.3, 0.4) is 0 Å². The maximum absolute atomic E-state index is 13.5. The van der Waals surface area contributed by atoms with Crippen LogP contribution in [0.25, 0.3) is 0 Å². The molecule has 258 valence electrons. The first kappa shape index (κ1) is 34.8. The number of anilines is 1. The smallest absolute Gasteiger partial charge is 0.264 e. The molecular weight excluding hydrogens is 646 g/mol. The van der Waals surface area contributed by atoms with E-state index in [0.717, 1.165) is 94.3 Å². The largest absolute Gasteiger partial charge is 0.487 e. The second-order valence-electron chi connectivity index (χ2n) is 13.8. The Morgan fingerprint density at radius 2 is 1.85 bits per heavy atom. The number of nitrogens with zero attached hydrogens (tertiary/aromatic N) is 2. The maximum atomic E-state index is 13.5. The van der Waals surface area contributed by atoms with Crippen LogP contribution < -0.4 is 14.4 Å². The predicted octanol–water partition coefficient (Wildman–Crippen LogP) is 6.08. The van der Waals surface area contributed by atoms with Gasteiger partial charge in [0.1, 0.15) is 12.4 Å². The Morgan fingerprint density at radius 1 is 1.02 bits per heavy atom. The van der Waals surface area contributed by atoms with Gasteiger partial charge in [0.05, 0.1) is 30.7 Å². The normalized spacial score (nSPS) is 28.9. The van der Waals surface area contributed by atoms with Gasteiger partial charge in [-0.05, 0) is 105 Å². The number of nitrogens with one attached hydrogen (secondary N) is 1. The summed E-state index contributed by atoms with van der Waals surface area (Å²) in [5, 5.41) is -0.0355. The van der Waals surface area contributed by atoms with Gasteiger partial charge in [-0.2, -0.15) is 0 Å². The number of morpholine rings is 1. The number of aryl methyl sites for hydroxylation is 1. The minimum Gasteiger partial charge on any atom is -0.487 e. The van der Waals surface area contributed by atoms with Gasteiger partial charge in [-0.15, -0.1) is 0 Å². The van der Waals surface area contributed by atoms with Gasteiger partial charge < -0.3 is 14.4 Å². The van der Waals surface area contributed by atoms with Gasteiger partial charge in [-0.3, -0.25) is 9.69 Å². The summed E-state index contributed by atoms with van der Waals surface area (Å²) in [7, 11) is -3.92. The SMILES string of the molecule is C[C@@H]1[C@@H](C)C/C=C/[C@H](C#CCN2CCOCC2)[C@@H]2CC[C@H]2CN2CCCCc3cc(Cl)ccc3COc3ccc(cc32)C(=O)NS1(=O)=O. The third-order valence-electron chi connectivity index (χ3n) is 10.7.